The maximum Gasteiger partial charge on any atom is 0.428 e. The molecule has 6 nitrogen and oxygen atoms in total. The number of Topliss-reactive ketones (excluding diaryl/α,β-unsaturated/α-hetero) is 2. The van der Waals surface area contributed by atoms with Crippen molar-refractivity contribution < 1.29 is 19.1 Å². The van der Waals surface area contributed by atoms with Crippen LogP contribution in [0.5, 0.6) is 0 Å². The minimum atomic E-state index is -0.639. The van der Waals surface area contributed by atoms with Gasteiger partial charge in [-0.2, -0.15) is 0 Å². The first-order valence-corrected chi connectivity index (χ1v) is 8.68. The van der Waals surface area contributed by atoms with E-state index in [1.54, 1.807) is 45.0 Å². The monoisotopic (exact) mass is 358 g/mol. The number of ether oxygens (including phenoxy) is 1. The fraction of sp³-hybridized carbons (Fsp3) is 0.450. The van der Waals surface area contributed by atoms with Gasteiger partial charge in [0.15, 0.2) is 11.6 Å². The molecule has 2 rings (SSSR count). The highest BCUT2D eigenvalue weighted by atomic mass is 16.6. The first-order chi connectivity index (χ1) is 12.1. The van der Waals surface area contributed by atoms with Crippen molar-refractivity contribution in [3.63, 3.8) is 0 Å². The van der Waals surface area contributed by atoms with Gasteiger partial charge in [0.25, 0.3) is 0 Å². The van der Waals surface area contributed by atoms with Crippen molar-refractivity contribution in [2.45, 2.75) is 46.1 Å². The minimum absolute atomic E-state index is 0.0874. The smallest absolute Gasteiger partial charge is 0.428 e. The Labute approximate surface area is 154 Å². The fourth-order valence-corrected chi connectivity index (χ4v) is 2.79. The molecule has 0 aliphatic heterocycles. The van der Waals surface area contributed by atoms with Crippen LogP contribution in [0.4, 0.5) is 4.79 Å². The van der Waals surface area contributed by atoms with E-state index in [0.717, 1.165) is 0 Å². The van der Waals surface area contributed by atoms with E-state index in [1.807, 2.05) is 13.0 Å². The first-order valence-electron chi connectivity index (χ1n) is 8.68. The Hall–Kier alpha value is -2.63. The van der Waals surface area contributed by atoms with Gasteiger partial charge in [-0.25, -0.2) is 9.80 Å². The van der Waals surface area contributed by atoms with Gasteiger partial charge in [-0.1, -0.05) is 37.3 Å². The Morgan fingerprint density at radius 3 is 2.35 bits per heavy atom. The molecule has 0 saturated carbocycles. The standard InChI is InChI=1S/C20H26N2O4/c1-13-11-15(21-22(5)19(25)26-20(2,3)4)17(16(23)12-13)18(24)14-9-7-6-8-10-14/h6-10,13,21H,11-12H2,1-5H3. The summed E-state index contributed by atoms with van der Waals surface area (Å²) in [5, 5.41) is 1.17. The number of benzene rings is 1. The lowest BCUT2D eigenvalue weighted by Crippen LogP contribution is -2.44. The molecule has 0 saturated heterocycles. The van der Waals surface area contributed by atoms with Gasteiger partial charge in [-0.3, -0.25) is 15.0 Å². The lowest BCUT2D eigenvalue weighted by Gasteiger charge is -2.30. The van der Waals surface area contributed by atoms with Crippen LogP contribution < -0.4 is 5.43 Å². The number of nitrogens with zero attached hydrogens (tertiary/aromatic N) is 1. The molecular formula is C20H26N2O4. The quantitative estimate of drug-likeness (QED) is 0.506. The largest absolute Gasteiger partial charge is 0.442 e. The highest BCUT2D eigenvalue weighted by molar-refractivity contribution is 6.27. The predicted octanol–water partition coefficient (Wildman–Crippen LogP) is 3.49. The van der Waals surface area contributed by atoms with Gasteiger partial charge in [-0.05, 0) is 33.1 Å². The molecule has 1 aliphatic carbocycles. The summed E-state index contributed by atoms with van der Waals surface area (Å²) in [6, 6.07) is 8.67. The summed E-state index contributed by atoms with van der Waals surface area (Å²) in [5.41, 5.74) is 3.28. The summed E-state index contributed by atoms with van der Waals surface area (Å²) in [6.45, 7) is 7.26. The van der Waals surface area contributed by atoms with Crippen LogP contribution in [-0.4, -0.2) is 35.3 Å². The Balaban J connectivity index is 2.31. The van der Waals surface area contributed by atoms with Crippen molar-refractivity contribution in [3.05, 3.63) is 47.2 Å². The molecule has 1 aromatic rings. The Bertz CT molecular complexity index is 732. The minimum Gasteiger partial charge on any atom is -0.442 e. The third kappa shape index (κ3) is 4.94. The number of hydrogen-bond acceptors (Lipinski definition) is 5. The van der Waals surface area contributed by atoms with Crippen molar-refractivity contribution in [2.75, 3.05) is 7.05 Å². The van der Waals surface area contributed by atoms with E-state index in [0.29, 0.717) is 24.1 Å². The number of hydrazine groups is 1. The van der Waals surface area contributed by atoms with Crippen molar-refractivity contribution in [2.24, 2.45) is 5.92 Å². The average molecular weight is 358 g/mol. The number of amides is 1. The topological polar surface area (TPSA) is 75.7 Å². The third-order valence-electron chi connectivity index (χ3n) is 3.90. The average Bonchev–Trinajstić information content (AvgIpc) is 2.53. The molecule has 0 bridgehead atoms. The predicted molar refractivity (Wildman–Crippen MR) is 98.3 cm³/mol. The van der Waals surface area contributed by atoms with Gasteiger partial charge in [0.1, 0.15) is 5.60 Å². The van der Waals surface area contributed by atoms with E-state index in [2.05, 4.69) is 5.43 Å². The summed E-state index contributed by atoms with van der Waals surface area (Å²) in [7, 11) is 1.51. The number of nitrogens with one attached hydrogen (secondary N) is 1. The van der Waals surface area contributed by atoms with E-state index in [9.17, 15) is 14.4 Å². The molecule has 26 heavy (non-hydrogen) atoms. The van der Waals surface area contributed by atoms with Gasteiger partial charge < -0.3 is 4.74 Å². The Kier molecular flexibility index (Phi) is 5.85. The molecule has 0 radical (unpaired) electrons. The number of carbonyl (C=O) groups is 3. The highest BCUT2D eigenvalue weighted by Crippen LogP contribution is 2.28. The molecule has 1 atom stereocenters. The second-order valence-corrected chi connectivity index (χ2v) is 7.64. The van der Waals surface area contributed by atoms with Crippen molar-refractivity contribution in [1.82, 2.24) is 10.4 Å². The van der Waals surface area contributed by atoms with Crippen LogP contribution >= 0.6 is 0 Å². The van der Waals surface area contributed by atoms with Crippen molar-refractivity contribution in [3.8, 4) is 0 Å². The molecule has 0 heterocycles. The van der Waals surface area contributed by atoms with Gasteiger partial charge in [0, 0.05) is 24.7 Å². The van der Waals surface area contributed by atoms with Gasteiger partial charge in [0.05, 0.1) is 5.57 Å². The van der Waals surface area contributed by atoms with Crippen molar-refractivity contribution >= 4 is 17.7 Å². The van der Waals surface area contributed by atoms with Crippen LogP contribution in [0.15, 0.2) is 41.6 Å². The molecule has 1 unspecified atom stereocenters. The molecule has 1 N–H and O–H groups in total. The van der Waals surface area contributed by atoms with Crippen LogP contribution in [0.2, 0.25) is 0 Å². The summed E-state index contributed by atoms with van der Waals surface area (Å²) < 4.78 is 5.31. The van der Waals surface area contributed by atoms with E-state index in [1.165, 1.54) is 12.1 Å². The SMILES string of the molecule is CC1CC(=O)C(C(=O)c2ccccc2)=C(NN(C)C(=O)OC(C)(C)C)C1. The summed E-state index contributed by atoms with van der Waals surface area (Å²) >= 11 is 0. The van der Waals surface area contributed by atoms with Crippen LogP contribution in [0.3, 0.4) is 0 Å². The number of carbonyl (C=O) groups excluding carboxylic acids is 3. The zero-order chi connectivity index (χ0) is 19.5. The maximum atomic E-state index is 12.9. The molecular weight excluding hydrogens is 332 g/mol. The van der Waals surface area contributed by atoms with Crippen LogP contribution in [0.25, 0.3) is 0 Å². The van der Waals surface area contributed by atoms with Gasteiger partial charge in [0.2, 0.25) is 0 Å². The van der Waals surface area contributed by atoms with Crippen molar-refractivity contribution in [1.29, 1.82) is 0 Å². The van der Waals surface area contributed by atoms with Crippen LogP contribution in [0.1, 0.15) is 50.9 Å². The molecule has 140 valence electrons. The number of allylic oxidation sites excluding steroid dienone is 2. The fourth-order valence-electron chi connectivity index (χ4n) is 2.79. The molecule has 1 amide bonds. The van der Waals surface area contributed by atoms with E-state index in [4.69, 9.17) is 4.74 Å². The zero-order valence-corrected chi connectivity index (χ0v) is 16.0. The lowest BCUT2D eigenvalue weighted by atomic mass is 9.84. The molecule has 1 aliphatic rings. The number of hydrogen-bond donors (Lipinski definition) is 1. The summed E-state index contributed by atoms with van der Waals surface area (Å²) in [6.07, 6.45) is 0.240. The van der Waals surface area contributed by atoms with Crippen LogP contribution in [-0.2, 0) is 9.53 Å². The van der Waals surface area contributed by atoms with E-state index < -0.39 is 11.7 Å². The molecule has 0 aromatic heterocycles. The molecule has 6 heteroatoms. The normalized spacial score (nSPS) is 17.7. The second-order valence-electron chi connectivity index (χ2n) is 7.64. The molecule has 0 fully saturated rings. The number of rotatable bonds is 4. The molecule has 0 spiro atoms. The van der Waals surface area contributed by atoms with E-state index in [-0.39, 0.29) is 23.1 Å². The zero-order valence-electron chi connectivity index (χ0n) is 16.0. The molecule has 1 aromatic carbocycles. The van der Waals surface area contributed by atoms with Gasteiger partial charge in [-0.15, -0.1) is 0 Å². The lowest BCUT2D eigenvalue weighted by molar-refractivity contribution is -0.116. The summed E-state index contributed by atoms with van der Waals surface area (Å²) in [5.74, 6) is -0.454. The Morgan fingerprint density at radius 2 is 1.77 bits per heavy atom. The summed E-state index contributed by atoms with van der Waals surface area (Å²) in [4.78, 5) is 37.6. The van der Waals surface area contributed by atoms with E-state index >= 15 is 0 Å². The highest BCUT2D eigenvalue weighted by Gasteiger charge is 2.32. The van der Waals surface area contributed by atoms with Gasteiger partial charge >= 0.3 is 6.09 Å². The Morgan fingerprint density at radius 1 is 1.15 bits per heavy atom. The number of ketones is 2. The maximum absolute atomic E-state index is 12.9. The van der Waals surface area contributed by atoms with Crippen LogP contribution in [0, 0.1) is 5.92 Å². The first kappa shape index (κ1) is 19.7. The third-order valence-corrected chi connectivity index (χ3v) is 3.90. The second kappa shape index (κ2) is 7.72.